The van der Waals surface area contributed by atoms with Crippen molar-refractivity contribution in [1.82, 2.24) is 20.2 Å². The van der Waals surface area contributed by atoms with Gasteiger partial charge in [0.15, 0.2) is 0 Å². The Morgan fingerprint density at radius 2 is 1.82 bits per heavy atom. The van der Waals surface area contributed by atoms with Gasteiger partial charge in [-0.2, -0.15) is 0 Å². The molecule has 3 heterocycles. The van der Waals surface area contributed by atoms with Crippen LogP contribution in [-0.2, 0) is 16.0 Å². The van der Waals surface area contributed by atoms with Gasteiger partial charge in [0.1, 0.15) is 11.9 Å². The zero-order valence-electron chi connectivity index (χ0n) is 21.8. The number of carbonyl (C=O) groups excluding carboxylic acids is 3. The minimum Gasteiger partial charge on any atom is -0.363 e. The number of nitrogens with one attached hydrogen (secondary N) is 1. The van der Waals surface area contributed by atoms with Gasteiger partial charge in [0, 0.05) is 50.4 Å². The molecule has 2 aromatic heterocycles. The summed E-state index contributed by atoms with van der Waals surface area (Å²) in [5.41, 5.74) is 2.30. The number of likely N-dealkylation sites (tertiary alicyclic amines) is 1. The third kappa shape index (κ3) is 5.62. The van der Waals surface area contributed by atoms with Crippen LogP contribution in [-0.4, -0.2) is 59.9 Å². The molecule has 1 N–H and O–H groups in total. The van der Waals surface area contributed by atoms with Crippen LogP contribution in [0.4, 0.5) is 16.3 Å². The predicted octanol–water partition coefficient (Wildman–Crippen LogP) is 4.09. The molecular weight excluding hydrogens is 504 g/mol. The number of pyridine rings is 2. The molecule has 1 fully saturated rings. The quantitative estimate of drug-likeness (QED) is 0.437. The average Bonchev–Trinajstić information content (AvgIpc) is 2.92. The summed E-state index contributed by atoms with van der Waals surface area (Å²) in [4.78, 5) is 53.3. The number of rotatable bonds is 8. The summed E-state index contributed by atoms with van der Waals surface area (Å²) in [6.45, 7) is 1.93. The number of aromatic nitrogens is 2. The fraction of sp³-hybridized carbons (Fsp3) is 0.321. The number of halogens is 1. The molecule has 4 rings (SSSR count). The lowest BCUT2D eigenvalue weighted by Crippen LogP contribution is -2.70. The van der Waals surface area contributed by atoms with E-state index in [4.69, 9.17) is 11.6 Å². The maximum atomic E-state index is 13.7. The fourth-order valence-corrected chi connectivity index (χ4v) is 4.80. The normalized spacial score (nSPS) is 17.4. The Kier molecular flexibility index (Phi) is 8.26. The van der Waals surface area contributed by atoms with Gasteiger partial charge in [-0.15, -0.1) is 0 Å². The van der Waals surface area contributed by atoms with Crippen molar-refractivity contribution in [3.8, 4) is 0 Å². The third-order valence-corrected chi connectivity index (χ3v) is 6.98. The molecule has 9 nitrogen and oxygen atoms in total. The molecule has 198 valence electrons. The highest BCUT2D eigenvalue weighted by Gasteiger charge is 2.55. The second-order valence-electron chi connectivity index (χ2n) is 9.45. The third-order valence-electron chi connectivity index (χ3n) is 6.75. The van der Waals surface area contributed by atoms with Crippen LogP contribution in [0, 0.1) is 5.92 Å². The van der Waals surface area contributed by atoms with Gasteiger partial charge in [-0.3, -0.25) is 19.5 Å². The van der Waals surface area contributed by atoms with E-state index in [1.165, 1.54) is 4.90 Å². The van der Waals surface area contributed by atoms with E-state index in [1.54, 1.807) is 49.9 Å². The highest BCUT2D eigenvalue weighted by molar-refractivity contribution is 6.30. The Morgan fingerprint density at radius 1 is 1.08 bits per heavy atom. The molecule has 0 saturated carbocycles. The zero-order chi connectivity index (χ0) is 27.4. The van der Waals surface area contributed by atoms with Crippen molar-refractivity contribution < 1.29 is 14.4 Å². The molecule has 3 aromatic rings. The number of nitrogens with zero attached hydrogens (tertiary/aromatic N) is 5. The first-order valence-corrected chi connectivity index (χ1v) is 12.8. The fourth-order valence-electron chi connectivity index (χ4n) is 4.60. The van der Waals surface area contributed by atoms with E-state index in [0.717, 1.165) is 21.8 Å². The monoisotopic (exact) mass is 534 g/mol. The summed E-state index contributed by atoms with van der Waals surface area (Å²) in [6, 6.07) is 12.4. The molecule has 10 heteroatoms. The number of likely N-dealkylation sites (N-methyl/N-ethyl adjacent to an activating group) is 1. The Hall–Kier alpha value is -3.98. The molecule has 0 spiro atoms. The van der Waals surface area contributed by atoms with Crippen molar-refractivity contribution in [3.63, 3.8) is 0 Å². The van der Waals surface area contributed by atoms with Gasteiger partial charge in [-0.25, -0.2) is 9.78 Å². The van der Waals surface area contributed by atoms with E-state index in [9.17, 15) is 14.4 Å². The van der Waals surface area contributed by atoms with Crippen molar-refractivity contribution in [1.29, 1.82) is 0 Å². The van der Waals surface area contributed by atoms with Crippen molar-refractivity contribution in [3.05, 3.63) is 83.3 Å². The SMILES string of the molecule is CC[C@@H](NC(=O)N1C(=O)[C@H](Cc2ccnc(N(C)C)c2)[C@H]1C(=O)N(C)c1ccncc1)c1cccc(Cl)c1. The predicted molar refractivity (Wildman–Crippen MR) is 147 cm³/mol. The van der Waals surface area contributed by atoms with E-state index >= 15 is 0 Å². The van der Waals surface area contributed by atoms with Gasteiger partial charge in [0.2, 0.25) is 5.91 Å². The Morgan fingerprint density at radius 3 is 2.47 bits per heavy atom. The summed E-state index contributed by atoms with van der Waals surface area (Å²) in [7, 11) is 5.39. The van der Waals surface area contributed by atoms with Gasteiger partial charge in [0.05, 0.1) is 12.0 Å². The maximum absolute atomic E-state index is 13.7. The van der Waals surface area contributed by atoms with Gasteiger partial charge in [-0.1, -0.05) is 30.7 Å². The van der Waals surface area contributed by atoms with Crippen molar-refractivity contribution in [2.45, 2.75) is 31.8 Å². The number of benzene rings is 1. The number of imide groups is 1. The minimum atomic E-state index is -0.964. The molecule has 1 saturated heterocycles. The standard InChI is InChI=1S/C28H31ClN6O3/c1-5-23(19-7-6-8-20(29)17-19)32-28(38)35-25(27(37)34(4)21-10-12-30-13-11-21)22(26(35)36)15-18-9-14-31-24(16-18)33(2)3/h6-14,16-17,22-23,25H,5,15H2,1-4H3,(H,32,38)/t22-,23-,25+/m1/s1. The molecule has 3 atom stereocenters. The number of urea groups is 1. The number of hydrogen-bond donors (Lipinski definition) is 1. The molecule has 4 amide bonds. The van der Waals surface area contributed by atoms with Crippen molar-refractivity contribution in [2.75, 3.05) is 30.9 Å². The first kappa shape index (κ1) is 27.1. The lowest BCUT2D eigenvalue weighted by molar-refractivity contribution is -0.156. The number of anilines is 2. The van der Waals surface area contributed by atoms with Gasteiger partial charge in [-0.05, 0) is 60.4 Å². The topological polar surface area (TPSA) is 98.7 Å². The number of carbonyl (C=O) groups is 3. The Balaban J connectivity index is 1.61. The van der Waals surface area contributed by atoms with E-state index in [0.29, 0.717) is 23.6 Å². The molecular formula is C28H31ClN6O3. The number of β-lactam (4-membered cyclic amide) rings is 1. The van der Waals surface area contributed by atoms with Crippen LogP contribution in [0.15, 0.2) is 67.1 Å². The van der Waals surface area contributed by atoms with Crippen LogP contribution in [0.25, 0.3) is 0 Å². The van der Waals surface area contributed by atoms with E-state index in [-0.39, 0.29) is 11.9 Å². The van der Waals surface area contributed by atoms with Crippen molar-refractivity contribution >= 4 is 41.0 Å². The molecule has 1 aliphatic heterocycles. The van der Waals surface area contributed by atoms with Gasteiger partial charge in [0.25, 0.3) is 5.91 Å². The lowest BCUT2D eigenvalue weighted by atomic mass is 9.81. The van der Waals surface area contributed by atoms with Crippen LogP contribution in [0.3, 0.4) is 0 Å². The van der Waals surface area contributed by atoms with Crippen molar-refractivity contribution in [2.24, 2.45) is 5.92 Å². The van der Waals surface area contributed by atoms with E-state index < -0.39 is 23.9 Å². The molecule has 1 aromatic carbocycles. The molecule has 0 aliphatic carbocycles. The summed E-state index contributed by atoms with van der Waals surface area (Å²) in [6.07, 6.45) is 5.73. The second-order valence-corrected chi connectivity index (χ2v) is 9.88. The zero-order valence-corrected chi connectivity index (χ0v) is 22.6. The number of amides is 4. The van der Waals surface area contributed by atoms with E-state index in [2.05, 4.69) is 15.3 Å². The van der Waals surface area contributed by atoms with Crippen LogP contribution in [0.1, 0.15) is 30.5 Å². The molecule has 0 unspecified atom stereocenters. The average molecular weight is 535 g/mol. The molecule has 0 bridgehead atoms. The Bertz CT molecular complexity index is 1320. The molecule has 38 heavy (non-hydrogen) atoms. The summed E-state index contributed by atoms with van der Waals surface area (Å²) < 4.78 is 0. The summed E-state index contributed by atoms with van der Waals surface area (Å²) in [5, 5.41) is 3.48. The summed E-state index contributed by atoms with van der Waals surface area (Å²) >= 11 is 6.15. The van der Waals surface area contributed by atoms with Crippen LogP contribution >= 0.6 is 11.6 Å². The highest BCUT2D eigenvalue weighted by Crippen LogP contribution is 2.33. The lowest BCUT2D eigenvalue weighted by Gasteiger charge is -2.46. The molecule has 0 radical (unpaired) electrons. The maximum Gasteiger partial charge on any atom is 0.325 e. The van der Waals surface area contributed by atoms with Crippen LogP contribution < -0.4 is 15.1 Å². The van der Waals surface area contributed by atoms with Crippen LogP contribution in [0.5, 0.6) is 0 Å². The molecule has 1 aliphatic rings. The minimum absolute atomic E-state index is 0.304. The second kappa shape index (κ2) is 11.6. The number of hydrogen-bond acceptors (Lipinski definition) is 6. The largest absolute Gasteiger partial charge is 0.363 e. The smallest absolute Gasteiger partial charge is 0.325 e. The van der Waals surface area contributed by atoms with E-state index in [1.807, 2.05) is 50.2 Å². The Labute approximate surface area is 227 Å². The van der Waals surface area contributed by atoms with Crippen LogP contribution in [0.2, 0.25) is 5.02 Å². The van der Waals surface area contributed by atoms with Gasteiger partial charge < -0.3 is 15.1 Å². The first-order chi connectivity index (χ1) is 18.2. The van der Waals surface area contributed by atoms with Gasteiger partial charge >= 0.3 is 6.03 Å². The summed E-state index contributed by atoms with van der Waals surface area (Å²) in [5.74, 6) is -0.698. The first-order valence-electron chi connectivity index (χ1n) is 12.4. The highest BCUT2D eigenvalue weighted by atomic mass is 35.5.